The van der Waals surface area contributed by atoms with Crippen molar-refractivity contribution in [2.24, 2.45) is 11.8 Å². The molecule has 3 aliphatic heterocycles. The Morgan fingerprint density at radius 3 is 2.64 bits per heavy atom. The third kappa shape index (κ3) is 2.86. The van der Waals surface area contributed by atoms with E-state index in [1.165, 1.54) is 4.90 Å². The van der Waals surface area contributed by atoms with Crippen LogP contribution < -0.4 is 5.32 Å². The first-order valence-corrected chi connectivity index (χ1v) is 8.41. The first-order chi connectivity index (χ1) is 10.5. The minimum absolute atomic E-state index is 0.0876. The zero-order valence-electron chi connectivity index (χ0n) is 13.6. The molecule has 3 rings (SSSR count). The van der Waals surface area contributed by atoms with Gasteiger partial charge >= 0.3 is 6.03 Å². The van der Waals surface area contributed by atoms with Crippen molar-refractivity contribution >= 4 is 11.9 Å². The smallest absolute Gasteiger partial charge is 0.324 e. The molecule has 3 saturated heterocycles. The molecule has 6 nitrogen and oxygen atoms in total. The van der Waals surface area contributed by atoms with Crippen LogP contribution in [0.2, 0.25) is 0 Å². The van der Waals surface area contributed by atoms with Gasteiger partial charge in [-0.15, -0.1) is 0 Å². The van der Waals surface area contributed by atoms with Crippen LogP contribution in [0.3, 0.4) is 0 Å². The number of hydrogen-bond donors (Lipinski definition) is 1. The van der Waals surface area contributed by atoms with Crippen molar-refractivity contribution in [2.75, 3.05) is 39.9 Å². The van der Waals surface area contributed by atoms with E-state index in [4.69, 9.17) is 4.74 Å². The van der Waals surface area contributed by atoms with Crippen LogP contribution in [0.1, 0.15) is 32.6 Å². The molecule has 0 aromatic rings. The van der Waals surface area contributed by atoms with Gasteiger partial charge in [0.1, 0.15) is 5.54 Å². The molecule has 1 N–H and O–H groups in total. The third-order valence-corrected chi connectivity index (χ3v) is 5.60. The van der Waals surface area contributed by atoms with E-state index in [2.05, 4.69) is 10.2 Å². The summed E-state index contributed by atoms with van der Waals surface area (Å²) >= 11 is 0. The molecule has 0 aromatic carbocycles. The van der Waals surface area contributed by atoms with Crippen LogP contribution in [0.5, 0.6) is 0 Å². The number of nitrogens with zero attached hydrogens (tertiary/aromatic N) is 2. The number of urea groups is 1. The fraction of sp³-hybridized carbons (Fsp3) is 0.875. The molecule has 2 atom stereocenters. The minimum atomic E-state index is -0.736. The number of amides is 3. The Hall–Kier alpha value is -1.14. The Labute approximate surface area is 132 Å². The van der Waals surface area contributed by atoms with Gasteiger partial charge in [-0.3, -0.25) is 9.69 Å². The van der Waals surface area contributed by atoms with Gasteiger partial charge < -0.3 is 15.0 Å². The van der Waals surface area contributed by atoms with Gasteiger partial charge in [0.25, 0.3) is 5.91 Å². The standard InChI is InChI=1S/C16H27N3O3/c1-16(14(20)18(2)15(21)17-16)13-4-3-7-19(11-13)10-12-5-8-22-9-6-12/h12-13H,3-11H2,1-2H3,(H,17,21). The summed E-state index contributed by atoms with van der Waals surface area (Å²) in [7, 11) is 1.56. The van der Waals surface area contributed by atoms with Gasteiger partial charge in [-0.2, -0.15) is 0 Å². The lowest BCUT2D eigenvalue weighted by Crippen LogP contribution is -2.56. The maximum absolute atomic E-state index is 12.4. The fourth-order valence-electron chi connectivity index (χ4n) is 4.06. The van der Waals surface area contributed by atoms with Gasteiger partial charge in [0.2, 0.25) is 0 Å². The number of hydrogen-bond acceptors (Lipinski definition) is 4. The summed E-state index contributed by atoms with van der Waals surface area (Å²) in [6.07, 6.45) is 4.37. The Bertz CT molecular complexity index is 450. The summed E-state index contributed by atoms with van der Waals surface area (Å²) in [6.45, 7) is 6.72. The highest BCUT2D eigenvalue weighted by atomic mass is 16.5. The molecule has 3 fully saturated rings. The largest absolute Gasteiger partial charge is 0.381 e. The number of carbonyl (C=O) groups excluding carboxylic acids is 2. The molecule has 0 spiro atoms. The maximum Gasteiger partial charge on any atom is 0.324 e. The molecule has 3 amide bonds. The third-order valence-electron chi connectivity index (χ3n) is 5.60. The second-order valence-electron chi connectivity index (χ2n) is 7.15. The van der Waals surface area contributed by atoms with E-state index in [9.17, 15) is 9.59 Å². The summed E-state index contributed by atoms with van der Waals surface area (Å²) < 4.78 is 5.43. The molecule has 3 aliphatic rings. The van der Waals surface area contributed by atoms with Gasteiger partial charge in [0.15, 0.2) is 0 Å². The first-order valence-electron chi connectivity index (χ1n) is 8.41. The topological polar surface area (TPSA) is 61.9 Å². The number of nitrogens with one attached hydrogen (secondary N) is 1. The van der Waals surface area contributed by atoms with Crippen LogP contribution in [0, 0.1) is 11.8 Å². The molecule has 22 heavy (non-hydrogen) atoms. The van der Waals surface area contributed by atoms with E-state index in [-0.39, 0.29) is 17.9 Å². The summed E-state index contributed by atoms with van der Waals surface area (Å²) in [5.41, 5.74) is -0.736. The van der Waals surface area contributed by atoms with E-state index < -0.39 is 5.54 Å². The first kappa shape index (κ1) is 15.7. The normalized spacial score (nSPS) is 35.0. The quantitative estimate of drug-likeness (QED) is 0.792. The molecule has 0 radical (unpaired) electrons. The number of likely N-dealkylation sites (tertiary alicyclic amines) is 1. The van der Waals surface area contributed by atoms with E-state index in [1.807, 2.05) is 6.92 Å². The van der Waals surface area contributed by atoms with E-state index in [1.54, 1.807) is 7.05 Å². The number of ether oxygens (including phenoxy) is 1. The van der Waals surface area contributed by atoms with Crippen LogP contribution >= 0.6 is 0 Å². The van der Waals surface area contributed by atoms with Gasteiger partial charge in [0, 0.05) is 39.3 Å². The highest BCUT2D eigenvalue weighted by Gasteiger charge is 2.51. The molecule has 124 valence electrons. The van der Waals surface area contributed by atoms with Gasteiger partial charge in [-0.25, -0.2) is 4.79 Å². The fourth-order valence-corrected chi connectivity index (χ4v) is 4.06. The van der Waals surface area contributed by atoms with Crippen LogP contribution in [0.4, 0.5) is 4.79 Å². The van der Waals surface area contributed by atoms with Crippen LogP contribution in [-0.4, -0.2) is 67.2 Å². The average Bonchev–Trinajstić information content (AvgIpc) is 2.73. The zero-order valence-corrected chi connectivity index (χ0v) is 13.6. The monoisotopic (exact) mass is 309 g/mol. The van der Waals surface area contributed by atoms with E-state index >= 15 is 0 Å². The van der Waals surface area contributed by atoms with Crippen molar-refractivity contribution in [2.45, 2.75) is 38.1 Å². The lowest BCUT2D eigenvalue weighted by atomic mass is 9.79. The van der Waals surface area contributed by atoms with Crippen molar-refractivity contribution in [3.63, 3.8) is 0 Å². The Morgan fingerprint density at radius 2 is 2.00 bits per heavy atom. The minimum Gasteiger partial charge on any atom is -0.381 e. The molecule has 0 aromatic heterocycles. The van der Waals surface area contributed by atoms with Crippen molar-refractivity contribution in [3.05, 3.63) is 0 Å². The molecule has 3 heterocycles. The average molecular weight is 309 g/mol. The van der Waals surface area contributed by atoms with Gasteiger partial charge in [0.05, 0.1) is 0 Å². The predicted molar refractivity (Wildman–Crippen MR) is 82.4 cm³/mol. The number of rotatable bonds is 3. The SMILES string of the molecule is CN1C(=O)NC(C)(C2CCCN(CC3CCOCC3)C2)C1=O. The van der Waals surface area contributed by atoms with E-state index in [0.29, 0.717) is 5.92 Å². The predicted octanol–water partition coefficient (Wildman–Crippen LogP) is 1.07. The lowest BCUT2D eigenvalue weighted by molar-refractivity contribution is -0.132. The van der Waals surface area contributed by atoms with Crippen molar-refractivity contribution in [1.82, 2.24) is 15.1 Å². The highest BCUT2D eigenvalue weighted by Crippen LogP contribution is 2.32. The molecular weight excluding hydrogens is 282 g/mol. The van der Waals surface area contributed by atoms with Crippen LogP contribution in [0.15, 0.2) is 0 Å². The Morgan fingerprint density at radius 1 is 1.27 bits per heavy atom. The number of carbonyl (C=O) groups is 2. The second-order valence-corrected chi connectivity index (χ2v) is 7.15. The zero-order chi connectivity index (χ0) is 15.7. The van der Waals surface area contributed by atoms with Crippen molar-refractivity contribution in [1.29, 1.82) is 0 Å². The molecule has 6 heteroatoms. The van der Waals surface area contributed by atoms with Crippen molar-refractivity contribution < 1.29 is 14.3 Å². The molecule has 0 bridgehead atoms. The van der Waals surface area contributed by atoms with Crippen molar-refractivity contribution in [3.8, 4) is 0 Å². The number of imide groups is 1. The molecule has 0 aliphatic carbocycles. The van der Waals surface area contributed by atoms with Crippen LogP contribution in [0.25, 0.3) is 0 Å². The maximum atomic E-state index is 12.4. The lowest BCUT2D eigenvalue weighted by Gasteiger charge is -2.41. The van der Waals surface area contributed by atoms with Crippen LogP contribution in [-0.2, 0) is 9.53 Å². The van der Waals surface area contributed by atoms with E-state index in [0.717, 1.165) is 58.5 Å². The summed E-state index contributed by atoms with van der Waals surface area (Å²) in [5.74, 6) is 0.815. The second kappa shape index (κ2) is 6.16. The number of piperidine rings is 1. The summed E-state index contributed by atoms with van der Waals surface area (Å²) in [6, 6.07) is -0.269. The summed E-state index contributed by atoms with van der Waals surface area (Å²) in [5, 5.41) is 2.91. The summed E-state index contributed by atoms with van der Waals surface area (Å²) in [4.78, 5) is 27.9. The number of likely N-dealkylation sites (N-methyl/N-ethyl adjacent to an activating group) is 1. The molecule has 2 unspecified atom stereocenters. The highest BCUT2D eigenvalue weighted by molar-refractivity contribution is 6.06. The Balaban J connectivity index is 1.62. The molecular formula is C16H27N3O3. The van der Waals surface area contributed by atoms with Gasteiger partial charge in [-0.05, 0) is 45.1 Å². The van der Waals surface area contributed by atoms with Gasteiger partial charge in [-0.1, -0.05) is 0 Å². The molecule has 0 saturated carbocycles. The Kier molecular flexibility index (Phi) is 4.41.